The molecule has 1 fully saturated rings. The second kappa shape index (κ2) is 5.77. The van der Waals surface area contributed by atoms with E-state index in [2.05, 4.69) is 5.41 Å². The average Bonchev–Trinajstić information content (AvgIpc) is 2.70. The van der Waals surface area contributed by atoms with Crippen LogP contribution in [-0.2, 0) is 14.6 Å². The first-order valence-electron chi connectivity index (χ1n) is 5.16. The largest absolute Gasteiger partial charge is 1.00 e. The summed E-state index contributed by atoms with van der Waals surface area (Å²) in [5.41, 5.74) is 1.03. The van der Waals surface area contributed by atoms with Gasteiger partial charge in [-0.05, 0) is 31.9 Å². The summed E-state index contributed by atoms with van der Waals surface area (Å²) in [7, 11) is -3.47. The standard InChI is InChI=1S/C12H13O3S.Li/c1-10-4-6-12(7-5-10)16(13,14)9-11-3-2-8-15-11;/h4-7H,2-3,8H2,1H3;/q-1;+1. The number of aryl methyl sites for hydroxylation is 1. The van der Waals surface area contributed by atoms with Crippen LogP contribution in [0.4, 0.5) is 0 Å². The van der Waals surface area contributed by atoms with Crippen molar-refractivity contribution in [3.8, 4) is 0 Å². The molecule has 5 heteroatoms. The van der Waals surface area contributed by atoms with Crippen molar-refractivity contribution in [2.45, 2.75) is 24.7 Å². The van der Waals surface area contributed by atoms with Gasteiger partial charge in [-0.1, -0.05) is 23.5 Å². The zero-order chi connectivity index (χ0) is 11.6. The van der Waals surface area contributed by atoms with Gasteiger partial charge in [-0.3, -0.25) is 8.42 Å². The maximum atomic E-state index is 11.9. The second-order valence-corrected chi connectivity index (χ2v) is 5.48. The average molecular weight is 244 g/mol. The molecule has 1 aliphatic rings. The van der Waals surface area contributed by atoms with Gasteiger partial charge in [-0.15, -0.1) is 0 Å². The molecule has 0 unspecified atom stereocenters. The SMILES string of the molecule is Cc1ccc(S(=O)(=O)[C-]=C2CCCO2)cc1.[Li+]. The first kappa shape index (κ1) is 14.4. The summed E-state index contributed by atoms with van der Waals surface area (Å²) in [4.78, 5) is 0.265. The molecule has 1 aliphatic heterocycles. The van der Waals surface area contributed by atoms with Crippen LogP contribution in [-0.4, -0.2) is 15.0 Å². The molecule has 0 aromatic heterocycles. The fraction of sp³-hybridized carbons (Fsp3) is 0.333. The Balaban J connectivity index is 0.00000144. The normalized spacial score (nSPS) is 17.6. The Kier molecular flexibility index (Phi) is 4.88. The topological polar surface area (TPSA) is 43.4 Å². The number of hydrogen-bond donors (Lipinski definition) is 0. The van der Waals surface area contributed by atoms with E-state index in [9.17, 15) is 8.42 Å². The van der Waals surface area contributed by atoms with Crippen LogP contribution in [0.1, 0.15) is 18.4 Å². The quantitative estimate of drug-likeness (QED) is 0.507. The molecule has 3 nitrogen and oxygen atoms in total. The van der Waals surface area contributed by atoms with E-state index in [1.165, 1.54) is 0 Å². The van der Waals surface area contributed by atoms with Gasteiger partial charge in [0.05, 0.1) is 16.4 Å². The van der Waals surface area contributed by atoms with Gasteiger partial charge in [0.15, 0.2) is 0 Å². The summed E-state index contributed by atoms with van der Waals surface area (Å²) in [5, 5.41) is 2.46. The molecule has 1 saturated heterocycles. The Morgan fingerprint density at radius 1 is 1.24 bits per heavy atom. The number of benzene rings is 1. The summed E-state index contributed by atoms with van der Waals surface area (Å²) >= 11 is 0. The van der Waals surface area contributed by atoms with Crippen molar-refractivity contribution in [3.63, 3.8) is 0 Å². The minimum atomic E-state index is -3.47. The Morgan fingerprint density at radius 2 is 1.88 bits per heavy atom. The molecule has 0 N–H and O–H groups in total. The molecular formula is C12H13LiO3S. The second-order valence-electron chi connectivity index (χ2n) is 3.79. The summed E-state index contributed by atoms with van der Waals surface area (Å²) in [5.74, 6) is 0.445. The molecule has 0 amide bonds. The molecule has 86 valence electrons. The molecule has 0 radical (unpaired) electrons. The van der Waals surface area contributed by atoms with Crippen molar-refractivity contribution >= 4 is 9.84 Å². The van der Waals surface area contributed by atoms with Crippen LogP contribution in [0.25, 0.3) is 0 Å². The minimum Gasteiger partial charge on any atom is -0.534 e. The van der Waals surface area contributed by atoms with E-state index in [1.54, 1.807) is 24.3 Å². The van der Waals surface area contributed by atoms with E-state index >= 15 is 0 Å². The summed E-state index contributed by atoms with van der Waals surface area (Å²) in [6, 6.07) is 6.73. The van der Waals surface area contributed by atoms with Gasteiger partial charge >= 0.3 is 18.9 Å². The summed E-state index contributed by atoms with van der Waals surface area (Å²) < 4.78 is 28.9. The Morgan fingerprint density at radius 3 is 2.41 bits per heavy atom. The van der Waals surface area contributed by atoms with Crippen LogP contribution in [0.15, 0.2) is 34.9 Å². The van der Waals surface area contributed by atoms with Crippen LogP contribution >= 0.6 is 0 Å². The molecule has 1 aromatic carbocycles. The van der Waals surface area contributed by atoms with Crippen LogP contribution in [0, 0.1) is 12.3 Å². The number of sulfone groups is 1. The van der Waals surface area contributed by atoms with Crippen LogP contribution < -0.4 is 18.9 Å². The smallest absolute Gasteiger partial charge is 0.534 e. The van der Waals surface area contributed by atoms with Gasteiger partial charge in [-0.2, -0.15) is 0 Å². The Hall–Kier alpha value is -0.693. The van der Waals surface area contributed by atoms with Crippen LogP contribution in [0.2, 0.25) is 0 Å². The van der Waals surface area contributed by atoms with Gasteiger partial charge in [0.1, 0.15) is 0 Å². The molecule has 0 spiro atoms. The van der Waals surface area contributed by atoms with E-state index in [-0.39, 0.29) is 23.8 Å². The van der Waals surface area contributed by atoms with Gasteiger partial charge in [-0.25, -0.2) is 0 Å². The molecule has 0 saturated carbocycles. The van der Waals surface area contributed by atoms with Crippen LogP contribution in [0.3, 0.4) is 0 Å². The van der Waals surface area contributed by atoms with Crippen molar-refractivity contribution in [2.75, 3.05) is 6.61 Å². The van der Waals surface area contributed by atoms with Gasteiger partial charge in [0.25, 0.3) is 0 Å². The van der Waals surface area contributed by atoms with Gasteiger partial charge in [0.2, 0.25) is 0 Å². The molecule has 0 atom stereocenters. The first-order chi connectivity index (χ1) is 7.58. The molecule has 2 rings (SSSR count). The Labute approximate surface area is 114 Å². The van der Waals surface area contributed by atoms with E-state index in [0.717, 1.165) is 12.0 Å². The van der Waals surface area contributed by atoms with E-state index in [4.69, 9.17) is 4.74 Å². The number of rotatable bonds is 2. The maximum Gasteiger partial charge on any atom is 1.00 e. The van der Waals surface area contributed by atoms with E-state index < -0.39 is 9.84 Å². The maximum absolute atomic E-state index is 11.9. The number of allylic oxidation sites excluding steroid dienone is 1. The molecule has 17 heavy (non-hydrogen) atoms. The fourth-order valence-corrected chi connectivity index (χ4v) is 2.58. The third-order valence-corrected chi connectivity index (χ3v) is 3.79. The minimum absolute atomic E-state index is 0. The van der Waals surface area contributed by atoms with Gasteiger partial charge < -0.3 is 10.1 Å². The molecule has 1 heterocycles. The van der Waals surface area contributed by atoms with Crippen molar-refractivity contribution in [2.24, 2.45) is 0 Å². The zero-order valence-electron chi connectivity index (χ0n) is 10.1. The third-order valence-electron chi connectivity index (χ3n) is 2.40. The molecule has 0 aliphatic carbocycles. The van der Waals surface area contributed by atoms with Crippen LogP contribution in [0.5, 0.6) is 0 Å². The van der Waals surface area contributed by atoms with Gasteiger partial charge in [0, 0.05) is 4.90 Å². The van der Waals surface area contributed by atoms with Crippen molar-refractivity contribution in [1.82, 2.24) is 0 Å². The molecular weight excluding hydrogens is 231 g/mol. The number of hydrogen-bond acceptors (Lipinski definition) is 3. The fourth-order valence-electron chi connectivity index (χ4n) is 1.51. The van der Waals surface area contributed by atoms with E-state index in [0.29, 0.717) is 18.8 Å². The molecule has 1 aromatic rings. The monoisotopic (exact) mass is 244 g/mol. The molecule has 0 bridgehead atoms. The third kappa shape index (κ3) is 3.64. The van der Waals surface area contributed by atoms with Crippen molar-refractivity contribution in [3.05, 3.63) is 41.0 Å². The van der Waals surface area contributed by atoms with Crippen molar-refractivity contribution in [1.29, 1.82) is 0 Å². The zero-order valence-corrected chi connectivity index (χ0v) is 10.9. The van der Waals surface area contributed by atoms with E-state index in [1.807, 2.05) is 6.92 Å². The number of ether oxygens (including phenoxy) is 1. The first-order valence-corrected chi connectivity index (χ1v) is 6.64. The van der Waals surface area contributed by atoms with Crippen molar-refractivity contribution < 1.29 is 32.0 Å². The Bertz CT molecular complexity index is 495. The predicted molar refractivity (Wildman–Crippen MR) is 60.3 cm³/mol. The predicted octanol–water partition coefficient (Wildman–Crippen LogP) is -0.772. The summed E-state index contributed by atoms with van der Waals surface area (Å²) in [6.07, 6.45) is 1.52. The summed E-state index contributed by atoms with van der Waals surface area (Å²) in [6.45, 7) is 2.50.